The lowest BCUT2D eigenvalue weighted by Crippen LogP contribution is -2.28. The normalized spacial score (nSPS) is 14.5. The summed E-state index contributed by atoms with van der Waals surface area (Å²) in [6.07, 6.45) is 30.1. The van der Waals surface area contributed by atoms with E-state index in [1.807, 2.05) is 0 Å². The lowest BCUT2D eigenvalue weighted by molar-refractivity contribution is -0.153. The van der Waals surface area contributed by atoms with Crippen molar-refractivity contribution >= 4 is 19.8 Å². The van der Waals surface area contributed by atoms with Gasteiger partial charge in [0.15, 0.2) is 0 Å². The molecule has 0 fully saturated rings. The molecule has 0 aliphatic carbocycles. The number of esters is 2. The van der Waals surface area contributed by atoms with Crippen LogP contribution >= 0.6 is 7.82 Å². The Morgan fingerprint density at radius 3 is 1.46 bits per heavy atom. The minimum absolute atomic E-state index is 0.0738. The molecule has 0 saturated carbocycles. The summed E-state index contributed by atoms with van der Waals surface area (Å²) in [5, 5.41) is 18.6. The Morgan fingerprint density at radius 2 is 1.02 bits per heavy atom. The van der Waals surface area contributed by atoms with Crippen LogP contribution in [0.3, 0.4) is 0 Å². The number of phosphoric acid groups is 1. The fourth-order valence-corrected chi connectivity index (χ4v) is 5.43. The third kappa shape index (κ3) is 29.8. The van der Waals surface area contributed by atoms with Crippen LogP contribution in [-0.2, 0) is 32.7 Å². The molecule has 10 nitrogen and oxygen atoms in total. The summed E-state index contributed by atoms with van der Waals surface area (Å²) in [7, 11) is -4.59. The van der Waals surface area contributed by atoms with Crippen molar-refractivity contribution in [3.8, 4) is 0 Å². The van der Waals surface area contributed by atoms with Crippen LogP contribution in [0.4, 0.5) is 0 Å². The fraction of sp³-hybridized carbons (Fsp3) is 0.829. The zero-order valence-electron chi connectivity index (χ0n) is 28.8. The third-order valence-corrected chi connectivity index (χ3v) is 8.42. The minimum Gasteiger partial charge on any atom is -0.457 e. The topological polar surface area (TPSA) is 149 Å². The van der Waals surface area contributed by atoms with Gasteiger partial charge in [-0.2, -0.15) is 0 Å². The molecule has 11 heteroatoms. The van der Waals surface area contributed by atoms with Crippen LogP contribution in [0.15, 0.2) is 24.3 Å². The Balaban J connectivity index is 3.70. The summed E-state index contributed by atoms with van der Waals surface area (Å²) in [5.41, 5.74) is 0. The minimum atomic E-state index is -4.59. The molecule has 0 radical (unpaired) electrons. The van der Waals surface area contributed by atoms with Crippen molar-refractivity contribution in [2.75, 3.05) is 26.4 Å². The molecule has 0 aromatic rings. The average Bonchev–Trinajstić information content (AvgIpc) is 3.05. The first-order valence-electron chi connectivity index (χ1n) is 17.8. The Bertz CT molecular complexity index is 832. The number of hydrogen-bond donors (Lipinski definition) is 3. The number of ether oxygens (including phenoxy) is 2. The van der Waals surface area contributed by atoms with Crippen molar-refractivity contribution in [1.82, 2.24) is 0 Å². The van der Waals surface area contributed by atoms with Gasteiger partial charge in [-0.1, -0.05) is 122 Å². The largest absolute Gasteiger partial charge is 0.472 e. The van der Waals surface area contributed by atoms with E-state index in [4.69, 9.17) is 18.5 Å². The molecule has 0 bridgehead atoms. The van der Waals surface area contributed by atoms with E-state index in [9.17, 15) is 29.3 Å². The number of phosphoric ester groups is 1. The summed E-state index contributed by atoms with van der Waals surface area (Å²) >= 11 is 0. The second-order valence-corrected chi connectivity index (χ2v) is 13.3. The van der Waals surface area contributed by atoms with Gasteiger partial charge in [-0.15, -0.1) is 0 Å². The van der Waals surface area contributed by atoms with E-state index in [-0.39, 0.29) is 12.8 Å². The highest BCUT2D eigenvalue weighted by molar-refractivity contribution is 7.47. The van der Waals surface area contributed by atoms with Crippen molar-refractivity contribution in [2.45, 2.75) is 161 Å². The second kappa shape index (κ2) is 32.0. The number of aliphatic hydroxyl groups is 2. The molecule has 3 atom stereocenters. The van der Waals surface area contributed by atoms with Gasteiger partial charge < -0.3 is 24.6 Å². The van der Waals surface area contributed by atoms with Gasteiger partial charge >= 0.3 is 19.8 Å². The van der Waals surface area contributed by atoms with E-state index in [1.54, 1.807) is 6.92 Å². The Labute approximate surface area is 278 Å². The molecule has 0 aliphatic heterocycles. The number of unbranched alkanes of at least 4 members (excludes halogenated alkanes) is 16. The van der Waals surface area contributed by atoms with Gasteiger partial charge in [0.2, 0.25) is 0 Å². The molecule has 0 heterocycles. The molecule has 0 aliphatic rings. The van der Waals surface area contributed by atoms with Crippen LogP contribution in [0.1, 0.15) is 149 Å². The summed E-state index contributed by atoms with van der Waals surface area (Å²) in [4.78, 5) is 33.2. The molecular weight excluding hydrogens is 611 g/mol. The highest BCUT2D eigenvalue weighted by Crippen LogP contribution is 2.43. The number of rotatable bonds is 33. The standard InChI is InChI=1S/C35H65O10P/c1-3-5-6-7-8-9-10-11-12-13-14-15-16-17-18-19-20-21-22-23-24-25-26-27-35(39)45-33(29-37)31-43-46(40,41)42-30-32(28-36)44-34(38)4-2/h10-11,13-14,32-33,36-37H,3-9,12,15-31H2,1-2H3,(H,40,41)/b11-10-,14-13-. The maximum atomic E-state index is 12.1. The first-order valence-corrected chi connectivity index (χ1v) is 19.3. The monoisotopic (exact) mass is 676 g/mol. The quantitative estimate of drug-likeness (QED) is 0.0268. The average molecular weight is 677 g/mol. The van der Waals surface area contributed by atoms with Gasteiger partial charge in [0.1, 0.15) is 12.2 Å². The lowest BCUT2D eigenvalue weighted by atomic mass is 10.0. The number of carbonyl (C=O) groups excluding carboxylic acids is 2. The summed E-state index contributed by atoms with van der Waals surface area (Å²) < 4.78 is 31.6. The van der Waals surface area contributed by atoms with E-state index in [1.165, 1.54) is 89.9 Å². The first kappa shape index (κ1) is 44.5. The number of allylic oxidation sites excluding steroid dienone is 4. The van der Waals surface area contributed by atoms with Gasteiger partial charge in [0.25, 0.3) is 0 Å². The maximum Gasteiger partial charge on any atom is 0.472 e. The van der Waals surface area contributed by atoms with Crippen LogP contribution in [0.25, 0.3) is 0 Å². The Kier molecular flexibility index (Phi) is 30.9. The highest BCUT2D eigenvalue weighted by atomic mass is 31.2. The molecule has 0 saturated heterocycles. The number of hydrogen-bond acceptors (Lipinski definition) is 9. The van der Waals surface area contributed by atoms with Crippen molar-refractivity contribution in [3.63, 3.8) is 0 Å². The third-order valence-electron chi connectivity index (χ3n) is 7.47. The first-order chi connectivity index (χ1) is 22.3. The Hall–Kier alpha value is -1.55. The molecular formula is C35H65O10P. The molecule has 0 aromatic carbocycles. The van der Waals surface area contributed by atoms with Gasteiger partial charge in [-0.3, -0.25) is 18.6 Å². The van der Waals surface area contributed by atoms with Gasteiger partial charge in [0.05, 0.1) is 26.4 Å². The number of carbonyl (C=O) groups is 2. The van der Waals surface area contributed by atoms with Crippen molar-refractivity contribution in [2.24, 2.45) is 0 Å². The maximum absolute atomic E-state index is 12.1. The van der Waals surface area contributed by atoms with Gasteiger partial charge in [0, 0.05) is 12.8 Å². The molecule has 0 spiro atoms. The molecule has 0 rings (SSSR count). The predicted molar refractivity (Wildman–Crippen MR) is 182 cm³/mol. The predicted octanol–water partition coefficient (Wildman–Crippen LogP) is 8.27. The SMILES string of the molecule is CCCCCCC/C=C\C/C=C\CCCCCCCCCCCCCC(=O)OC(CO)COP(=O)(O)OCC(CO)OC(=O)CC. The molecule has 3 unspecified atom stereocenters. The van der Waals surface area contributed by atoms with Crippen molar-refractivity contribution in [1.29, 1.82) is 0 Å². The van der Waals surface area contributed by atoms with Gasteiger partial charge in [-0.05, 0) is 38.5 Å². The molecule has 0 amide bonds. The van der Waals surface area contributed by atoms with Crippen LogP contribution in [0.5, 0.6) is 0 Å². The zero-order chi connectivity index (χ0) is 34.1. The van der Waals surface area contributed by atoms with Crippen LogP contribution in [-0.4, -0.2) is 65.7 Å². The molecule has 0 aromatic heterocycles. The molecule has 270 valence electrons. The number of aliphatic hydroxyl groups excluding tert-OH is 2. The fourth-order valence-electron chi connectivity index (χ4n) is 4.65. The summed E-state index contributed by atoms with van der Waals surface area (Å²) in [6.45, 7) is 1.52. The van der Waals surface area contributed by atoms with E-state index in [0.29, 0.717) is 6.42 Å². The summed E-state index contributed by atoms with van der Waals surface area (Å²) in [6, 6.07) is 0. The zero-order valence-corrected chi connectivity index (χ0v) is 29.7. The van der Waals surface area contributed by atoms with Crippen LogP contribution in [0, 0.1) is 0 Å². The van der Waals surface area contributed by atoms with Gasteiger partial charge in [-0.25, -0.2) is 4.57 Å². The van der Waals surface area contributed by atoms with E-state index in [2.05, 4.69) is 31.2 Å². The Morgan fingerprint density at radius 1 is 0.609 bits per heavy atom. The van der Waals surface area contributed by atoms with E-state index in [0.717, 1.165) is 25.7 Å². The van der Waals surface area contributed by atoms with Crippen LogP contribution < -0.4 is 0 Å². The smallest absolute Gasteiger partial charge is 0.457 e. The summed E-state index contributed by atoms with van der Waals surface area (Å²) in [5.74, 6) is -1.11. The van der Waals surface area contributed by atoms with E-state index < -0.39 is 58.4 Å². The lowest BCUT2D eigenvalue weighted by Gasteiger charge is -2.20. The molecule has 46 heavy (non-hydrogen) atoms. The second-order valence-electron chi connectivity index (χ2n) is 11.8. The highest BCUT2D eigenvalue weighted by Gasteiger charge is 2.27. The van der Waals surface area contributed by atoms with Crippen molar-refractivity contribution < 1.29 is 47.8 Å². The molecule has 3 N–H and O–H groups in total. The van der Waals surface area contributed by atoms with Crippen molar-refractivity contribution in [3.05, 3.63) is 24.3 Å². The van der Waals surface area contributed by atoms with E-state index >= 15 is 0 Å². The van der Waals surface area contributed by atoms with Crippen LogP contribution in [0.2, 0.25) is 0 Å².